The maximum Gasteiger partial charge on any atom is 0.0641 e. The molecular weight excluding hydrogens is 236 g/mol. The first-order valence-electron chi connectivity index (χ1n) is 6.13. The van der Waals surface area contributed by atoms with Gasteiger partial charge in [0.25, 0.3) is 0 Å². The topological polar surface area (TPSA) is 38.5 Å². The molecule has 1 aromatic rings. The fourth-order valence-electron chi connectivity index (χ4n) is 2.22. The van der Waals surface area contributed by atoms with Crippen molar-refractivity contribution in [2.24, 2.45) is 5.73 Å². The Kier molecular flexibility index (Phi) is 4.66. The largest absolute Gasteiger partial charge is 0.380 e. The summed E-state index contributed by atoms with van der Waals surface area (Å²) in [6, 6.07) is 6.07. The zero-order chi connectivity index (χ0) is 12.1. The summed E-state index contributed by atoms with van der Waals surface area (Å²) in [6.07, 6.45) is 1.89. The van der Waals surface area contributed by atoms with Crippen LogP contribution in [0, 0.1) is 0 Å². The molecule has 1 aliphatic rings. The molecule has 1 saturated heterocycles. The van der Waals surface area contributed by atoms with Crippen LogP contribution in [0.25, 0.3) is 0 Å². The van der Waals surface area contributed by atoms with E-state index in [0.29, 0.717) is 6.54 Å². The first-order chi connectivity index (χ1) is 8.33. The smallest absolute Gasteiger partial charge is 0.0641 e. The molecule has 1 fully saturated rings. The molecule has 3 nitrogen and oxygen atoms in total. The van der Waals surface area contributed by atoms with Crippen molar-refractivity contribution >= 4 is 17.3 Å². The predicted molar refractivity (Wildman–Crippen MR) is 71.9 cm³/mol. The number of benzene rings is 1. The third-order valence-corrected chi connectivity index (χ3v) is 3.41. The average Bonchev–Trinajstić information content (AvgIpc) is 2.60. The lowest BCUT2D eigenvalue weighted by atomic mass is 10.1. The fraction of sp³-hybridized carbons (Fsp3) is 0.538. The third kappa shape index (κ3) is 3.12. The van der Waals surface area contributed by atoms with Crippen molar-refractivity contribution in [3.63, 3.8) is 0 Å². The van der Waals surface area contributed by atoms with Crippen molar-refractivity contribution < 1.29 is 4.74 Å². The van der Waals surface area contributed by atoms with E-state index in [1.165, 1.54) is 11.3 Å². The molecule has 0 bridgehead atoms. The fourth-order valence-corrected chi connectivity index (χ4v) is 2.49. The van der Waals surface area contributed by atoms with Gasteiger partial charge in [-0.05, 0) is 37.1 Å². The molecule has 0 unspecified atom stereocenters. The van der Waals surface area contributed by atoms with E-state index in [-0.39, 0.29) is 0 Å². The second kappa shape index (κ2) is 6.24. The zero-order valence-corrected chi connectivity index (χ0v) is 10.7. The number of nitrogens with two attached hydrogens (primary N) is 1. The number of hydrogen-bond acceptors (Lipinski definition) is 3. The molecule has 0 aromatic heterocycles. The lowest BCUT2D eigenvalue weighted by Crippen LogP contribution is -2.27. The maximum absolute atomic E-state index is 6.25. The molecule has 2 rings (SSSR count). The summed E-state index contributed by atoms with van der Waals surface area (Å²) in [7, 11) is 0. The molecule has 4 heteroatoms. The SMILES string of the molecule is NCCc1c(Cl)cccc1N1CCCOCC1. The van der Waals surface area contributed by atoms with Gasteiger partial charge in [-0.25, -0.2) is 0 Å². The minimum Gasteiger partial charge on any atom is -0.380 e. The number of anilines is 1. The van der Waals surface area contributed by atoms with Gasteiger partial charge in [-0.3, -0.25) is 0 Å². The molecule has 1 aromatic carbocycles. The van der Waals surface area contributed by atoms with Gasteiger partial charge in [0.1, 0.15) is 0 Å². The standard InChI is InChI=1S/C13H19ClN2O/c14-12-3-1-4-13(11(12)5-6-15)16-7-2-9-17-10-8-16/h1,3-4H,2,5-10,15H2. The van der Waals surface area contributed by atoms with Crippen LogP contribution >= 0.6 is 11.6 Å². The molecule has 0 spiro atoms. The lowest BCUT2D eigenvalue weighted by Gasteiger charge is -2.25. The molecule has 1 heterocycles. The molecular formula is C13H19ClN2O. The third-order valence-electron chi connectivity index (χ3n) is 3.05. The van der Waals surface area contributed by atoms with E-state index in [0.717, 1.165) is 44.2 Å². The van der Waals surface area contributed by atoms with Crippen molar-refractivity contribution in [3.8, 4) is 0 Å². The average molecular weight is 255 g/mol. The summed E-state index contributed by atoms with van der Waals surface area (Å²) in [5.41, 5.74) is 8.04. The Bertz CT molecular complexity index is 362. The highest BCUT2D eigenvalue weighted by Crippen LogP contribution is 2.28. The van der Waals surface area contributed by atoms with E-state index < -0.39 is 0 Å². The van der Waals surface area contributed by atoms with Crippen LogP contribution in [0.15, 0.2) is 18.2 Å². The van der Waals surface area contributed by atoms with Crippen LogP contribution in [0.5, 0.6) is 0 Å². The highest BCUT2D eigenvalue weighted by Gasteiger charge is 2.15. The van der Waals surface area contributed by atoms with Gasteiger partial charge in [-0.1, -0.05) is 17.7 Å². The molecule has 0 amide bonds. The summed E-state index contributed by atoms with van der Waals surface area (Å²) in [5, 5.41) is 0.818. The summed E-state index contributed by atoms with van der Waals surface area (Å²) in [4.78, 5) is 2.35. The van der Waals surface area contributed by atoms with Gasteiger partial charge >= 0.3 is 0 Å². The monoisotopic (exact) mass is 254 g/mol. The Balaban J connectivity index is 2.25. The predicted octanol–water partition coefficient (Wildman–Crippen LogP) is 2.07. The van der Waals surface area contributed by atoms with E-state index in [4.69, 9.17) is 22.1 Å². The molecule has 1 aliphatic heterocycles. The number of hydrogen-bond donors (Lipinski definition) is 1. The zero-order valence-electron chi connectivity index (χ0n) is 9.99. The van der Waals surface area contributed by atoms with Crippen molar-refractivity contribution in [1.82, 2.24) is 0 Å². The highest BCUT2D eigenvalue weighted by atomic mass is 35.5. The van der Waals surface area contributed by atoms with Crippen molar-refractivity contribution in [3.05, 3.63) is 28.8 Å². The van der Waals surface area contributed by atoms with Crippen molar-refractivity contribution in [2.45, 2.75) is 12.8 Å². The first kappa shape index (κ1) is 12.7. The van der Waals surface area contributed by atoms with Crippen molar-refractivity contribution in [2.75, 3.05) is 37.7 Å². The maximum atomic E-state index is 6.25. The van der Waals surface area contributed by atoms with Gasteiger partial charge in [0.2, 0.25) is 0 Å². The summed E-state index contributed by atoms with van der Waals surface area (Å²) >= 11 is 6.25. The van der Waals surface area contributed by atoms with Gasteiger partial charge in [-0.2, -0.15) is 0 Å². The van der Waals surface area contributed by atoms with Gasteiger partial charge in [0, 0.05) is 30.4 Å². The Hall–Kier alpha value is -0.770. The molecule has 0 aliphatic carbocycles. The molecule has 0 saturated carbocycles. The lowest BCUT2D eigenvalue weighted by molar-refractivity contribution is 0.152. The summed E-state index contributed by atoms with van der Waals surface area (Å²) in [5.74, 6) is 0. The van der Waals surface area contributed by atoms with E-state index in [1.54, 1.807) is 0 Å². The molecule has 2 N–H and O–H groups in total. The minimum atomic E-state index is 0.626. The second-order valence-corrected chi connectivity index (χ2v) is 4.64. The number of halogens is 1. The van der Waals surface area contributed by atoms with Gasteiger partial charge in [0.05, 0.1) is 6.61 Å². The van der Waals surface area contributed by atoms with Crippen LogP contribution in [-0.2, 0) is 11.2 Å². The Morgan fingerprint density at radius 3 is 3.00 bits per heavy atom. The molecule has 0 radical (unpaired) electrons. The molecule has 94 valence electrons. The minimum absolute atomic E-state index is 0.626. The van der Waals surface area contributed by atoms with E-state index in [1.807, 2.05) is 12.1 Å². The van der Waals surface area contributed by atoms with Gasteiger partial charge in [0.15, 0.2) is 0 Å². The van der Waals surface area contributed by atoms with Crippen LogP contribution in [0.4, 0.5) is 5.69 Å². The van der Waals surface area contributed by atoms with Gasteiger partial charge < -0.3 is 15.4 Å². The van der Waals surface area contributed by atoms with Crippen molar-refractivity contribution in [1.29, 1.82) is 0 Å². The second-order valence-electron chi connectivity index (χ2n) is 4.23. The van der Waals surface area contributed by atoms with E-state index in [9.17, 15) is 0 Å². The van der Waals surface area contributed by atoms with E-state index >= 15 is 0 Å². The Morgan fingerprint density at radius 2 is 2.18 bits per heavy atom. The van der Waals surface area contributed by atoms with Crippen LogP contribution < -0.4 is 10.6 Å². The Labute approximate surface area is 107 Å². The van der Waals surface area contributed by atoms with Crippen LogP contribution in [0.1, 0.15) is 12.0 Å². The Morgan fingerprint density at radius 1 is 1.29 bits per heavy atom. The highest BCUT2D eigenvalue weighted by molar-refractivity contribution is 6.31. The van der Waals surface area contributed by atoms with Gasteiger partial charge in [-0.15, -0.1) is 0 Å². The summed E-state index contributed by atoms with van der Waals surface area (Å²) < 4.78 is 5.48. The number of rotatable bonds is 3. The number of ether oxygens (including phenoxy) is 1. The molecule has 0 atom stereocenters. The van der Waals surface area contributed by atoms with Crippen LogP contribution in [0.3, 0.4) is 0 Å². The van der Waals surface area contributed by atoms with E-state index in [2.05, 4.69) is 11.0 Å². The number of nitrogens with zero attached hydrogens (tertiary/aromatic N) is 1. The summed E-state index contributed by atoms with van der Waals surface area (Å²) in [6.45, 7) is 4.22. The van der Waals surface area contributed by atoms with Crippen LogP contribution in [0.2, 0.25) is 5.02 Å². The normalized spacial score (nSPS) is 16.9. The first-order valence-corrected chi connectivity index (χ1v) is 6.51. The quantitative estimate of drug-likeness (QED) is 0.898. The van der Waals surface area contributed by atoms with Crippen LogP contribution in [-0.4, -0.2) is 32.8 Å². The molecule has 17 heavy (non-hydrogen) atoms.